The molecule has 1 aliphatic rings. The van der Waals surface area contributed by atoms with Gasteiger partial charge in [0.2, 0.25) is 5.91 Å². The smallest absolute Gasteiger partial charge is 0.239 e. The molecule has 1 atom stereocenters. The lowest BCUT2D eigenvalue weighted by atomic mass is 10.2. The molecule has 0 aromatic carbocycles. The lowest BCUT2D eigenvalue weighted by Gasteiger charge is -2.35. The van der Waals surface area contributed by atoms with Gasteiger partial charge in [-0.25, -0.2) is 0 Å². The van der Waals surface area contributed by atoms with E-state index in [1.807, 2.05) is 11.8 Å². The first kappa shape index (κ1) is 13.5. The number of rotatable bonds is 5. The van der Waals surface area contributed by atoms with Crippen molar-refractivity contribution >= 4 is 5.91 Å². The number of piperazine rings is 1. The Kier molecular flexibility index (Phi) is 5.77. The number of nitrogens with zero attached hydrogens (tertiary/aromatic N) is 2. The molecule has 1 heterocycles. The third kappa shape index (κ3) is 3.76. The van der Waals surface area contributed by atoms with Gasteiger partial charge in [0.15, 0.2) is 0 Å². The van der Waals surface area contributed by atoms with Gasteiger partial charge in [0.05, 0.1) is 6.04 Å². The van der Waals surface area contributed by atoms with E-state index in [1.54, 1.807) is 0 Å². The van der Waals surface area contributed by atoms with E-state index in [-0.39, 0.29) is 11.9 Å². The Morgan fingerprint density at radius 1 is 1.25 bits per heavy atom. The highest BCUT2D eigenvalue weighted by Crippen LogP contribution is 2.03. The van der Waals surface area contributed by atoms with Crippen LogP contribution in [-0.4, -0.2) is 61.0 Å². The van der Waals surface area contributed by atoms with Crippen molar-refractivity contribution in [2.24, 2.45) is 0 Å². The molecule has 4 nitrogen and oxygen atoms in total. The van der Waals surface area contributed by atoms with Gasteiger partial charge in [-0.1, -0.05) is 13.8 Å². The van der Waals surface area contributed by atoms with Gasteiger partial charge in [0, 0.05) is 26.2 Å². The van der Waals surface area contributed by atoms with E-state index < -0.39 is 0 Å². The van der Waals surface area contributed by atoms with Gasteiger partial charge in [-0.15, -0.1) is 0 Å². The van der Waals surface area contributed by atoms with Crippen LogP contribution in [0.4, 0.5) is 0 Å². The van der Waals surface area contributed by atoms with E-state index >= 15 is 0 Å². The van der Waals surface area contributed by atoms with Crippen molar-refractivity contribution in [2.45, 2.75) is 33.2 Å². The number of amides is 1. The zero-order chi connectivity index (χ0) is 12.0. The zero-order valence-corrected chi connectivity index (χ0v) is 10.8. The summed E-state index contributed by atoms with van der Waals surface area (Å²) in [6.45, 7) is 12.0. The summed E-state index contributed by atoms with van der Waals surface area (Å²) in [6, 6.07) is -0.0341. The van der Waals surface area contributed by atoms with Crippen molar-refractivity contribution in [3.05, 3.63) is 0 Å². The van der Waals surface area contributed by atoms with E-state index in [9.17, 15) is 4.79 Å². The van der Waals surface area contributed by atoms with Gasteiger partial charge < -0.3 is 15.1 Å². The lowest BCUT2D eigenvalue weighted by molar-refractivity contribution is -0.134. The summed E-state index contributed by atoms with van der Waals surface area (Å²) in [4.78, 5) is 16.4. The zero-order valence-electron chi connectivity index (χ0n) is 10.8. The maximum absolute atomic E-state index is 12.0. The molecule has 1 saturated heterocycles. The number of hydrogen-bond acceptors (Lipinski definition) is 3. The number of carbonyl (C=O) groups excluding carboxylic acids is 1. The summed E-state index contributed by atoms with van der Waals surface area (Å²) in [5.41, 5.74) is 0. The first-order chi connectivity index (χ1) is 7.69. The van der Waals surface area contributed by atoms with Crippen LogP contribution in [0.25, 0.3) is 0 Å². The molecule has 0 bridgehead atoms. The summed E-state index contributed by atoms with van der Waals surface area (Å²) in [5.74, 6) is 0.254. The van der Waals surface area contributed by atoms with Crippen LogP contribution in [0.5, 0.6) is 0 Å². The highest BCUT2D eigenvalue weighted by molar-refractivity contribution is 5.81. The van der Waals surface area contributed by atoms with Crippen molar-refractivity contribution in [3.8, 4) is 0 Å². The molecule has 0 spiro atoms. The highest BCUT2D eigenvalue weighted by atomic mass is 16.2. The van der Waals surface area contributed by atoms with Crippen LogP contribution in [-0.2, 0) is 4.79 Å². The van der Waals surface area contributed by atoms with Gasteiger partial charge in [0.1, 0.15) is 0 Å². The molecule has 94 valence electrons. The average molecular weight is 227 g/mol. The Balaban J connectivity index is 2.32. The molecule has 0 aliphatic carbocycles. The van der Waals surface area contributed by atoms with Gasteiger partial charge in [-0.05, 0) is 26.4 Å². The largest absolute Gasteiger partial charge is 0.339 e. The molecule has 0 radical (unpaired) electrons. The number of carbonyl (C=O) groups is 1. The summed E-state index contributed by atoms with van der Waals surface area (Å²) in [7, 11) is 0. The van der Waals surface area contributed by atoms with Gasteiger partial charge in [-0.2, -0.15) is 0 Å². The molecule has 1 unspecified atom stereocenters. The molecule has 1 rings (SSSR count). The number of likely N-dealkylation sites (N-methyl/N-ethyl adjacent to an activating group) is 1. The van der Waals surface area contributed by atoms with Crippen molar-refractivity contribution in [2.75, 3.05) is 39.3 Å². The summed E-state index contributed by atoms with van der Waals surface area (Å²) in [6.07, 6.45) is 1.07. The Bertz CT molecular complexity index is 212. The fourth-order valence-electron chi connectivity index (χ4n) is 2.01. The van der Waals surface area contributed by atoms with Crippen molar-refractivity contribution < 1.29 is 4.79 Å². The normalized spacial score (nSPS) is 19.8. The Hall–Kier alpha value is -0.610. The molecular formula is C12H25N3O. The van der Waals surface area contributed by atoms with E-state index in [2.05, 4.69) is 24.1 Å². The van der Waals surface area contributed by atoms with Crippen LogP contribution in [0, 0.1) is 0 Å². The van der Waals surface area contributed by atoms with Crippen LogP contribution in [0.15, 0.2) is 0 Å². The predicted octanol–water partition coefficient (Wildman–Crippen LogP) is 0.539. The third-order valence-corrected chi connectivity index (χ3v) is 3.20. The summed E-state index contributed by atoms with van der Waals surface area (Å²) >= 11 is 0. The molecule has 0 aromatic rings. The predicted molar refractivity (Wildman–Crippen MR) is 66.4 cm³/mol. The Labute approximate surface area is 99.0 Å². The monoisotopic (exact) mass is 227 g/mol. The molecule has 1 amide bonds. The SMILES string of the molecule is CCCNC(C)C(=O)N1CCN(CC)CC1. The van der Waals surface area contributed by atoms with Gasteiger partial charge >= 0.3 is 0 Å². The maximum atomic E-state index is 12.0. The van der Waals surface area contributed by atoms with Gasteiger partial charge in [0.25, 0.3) is 0 Å². The van der Waals surface area contributed by atoms with Crippen LogP contribution >= 0.6 is 0 Å². The average Bonchev–Trinajstić information content (AvgIpc) is 2.35. The van der Waals surface area contributed by atoms with Crippen molar-refractivity contribution in [3.63, 3.8) is 0 Å². The second-order valence-electron chi connectivity index (χ2n) is 4.44. The van der Waals surface area contributed by atoms with E-state index in [4.69, 9.17) is 0 Å². The van der Waals surface area contributed by atoms with E-state index in [0.29, 0.717) is 0 Å². The first-order valence-electron chi connectivity index (χ1n) is 6.43. The Morgan fingerprint density at radius 2 is 1.88 bits per heavy atom. The summed E-state index contributed by atoms with van der Waals surface area (Å²) < 4.78 is 0. The van der Waals surface area contributed by atoms with Crippen LogP contribution in [0.2, 0.25) is 0 Å². The second kappa shape index (κ2) is 6.86. The fourth-order valence-corrected chi connectivity index (χ4v) is 2.01. The molecule has 1 N–H and O–H groups in total. The molecule has 1 aliphatic heterocycles. The maximum Gasteiger partial charge on any atom is 0.239 e. The molecule has 16 heavy (non-hydrogen) atoms. The highest BCUT2D eigenvalue weighted by Gasteiger charge is 2.23. The minimum atomic E-state index is -0.0341. The minimum absolute atomic E-state index is 0.0341. The summed E-state index contributed by atoms with van der Waals surface area (Å²) in [5, 5.41) is 3.25. The molecule has 1 fully saturated rings. The second-order valence-corrected chi connectivity index (χ2v) is 4.44. The van der Waals surface area contributed by atoms with Crippen LogP contribution in [0.3, 0.4) is 0 Å². The molecule has 4 heteroatoms. The van der Waals surface area contributed by atoms with E-state index in [1.165, 1.54) is 0 Å². The topological polar surface area (TPSA) is 35.6 Å². The van der Waals surface area contributed by atoms with Crippen molar-refractivity contribution in [1.29, 1.82) is 0 Å². The first-order valence-corrected chi connectivity index (χ1v) is 6.43. The molecule has 0 saturated carbocycles. The molecule has 0 aromatic heterocycles. The molecular weight excluding hydrogens is 202 g/mol. The third-order valence-electron chi connectivity index (χ3n) is 3.20. The van der Waals surface area contributed by atoms with Crippen molar-refractivity contribution in [1.82, 2.24) is 15.1 Å². The van der Waals surface area contributed by atoms with Gasteiger partial charge in [-0.3, -0.25) is 4.79 Å². The lowest BCUT2D eigenvalue weighted by Crippen LogP contribution is -2.53. The quantitative estimate of drug-likeness (QED) is 0.744. The number of hydrogen-bond donors (Lipinski definition) is 1. The minimum Gasteiger partial charge on any atom is -0.339 e. The standard InChI is InChI=1S/C12H25N3O/c1-4-6-13-11(3)12(16)15-9-7-14(5-2)8-10-15/h11,13H,4-10H2,1-3H3. The fraction of sp³-hybridized carbons (Fsp3) is 0.917. The number of nitrogens with one attached hydrogen (secondary N) is 1. The van der Waals surface area contributed by atoms with Crippen LogP contribution < -0.4 is 5.32 Å². The van der Waals surface area contributed by atoms with E-state index in [0.717, 1.165) is 45.7 Å². The van der Waals surface area contributed by atoms with Crippen LogP contribution in [0.1, 0.15) is 27.2 Å². The Morgan fingerprint density at radius 3 is 2.38 bits per heavy atom.